The number of pyridine rings is 1. The van der Waals surface area contributed by atoms with E-state index in [2.05, 4.69) is 10.3 Å². The second kappa shape index (κ2) is 4.76. The summed E-state index contributed by atoms with van der Waals surface area (Å²) >= 11 is 5.91. The molecule has 1 saturated heterocycles. The van der Waals surface area contributed by atoms with Crippen molar-refractivity contribution in [1.82, 2.24) is 10.3 Å². The molecule has 1 fully saturated rings. The zero-order chi connectivity index (χ0) is 9.80. The van der Waals surface area contributed by atoms with Crippen LogP contribution in [-0.4, -0.2) is 18.1 Å². The van der Waals surface area contributed by atoms with Gasteiger partial charge in [-0.1, -0.05) is 11.6 Å². The van der Waals surface area contributed by atoms with Gasteiger partial charge >= 0.3 is 0 Å². The van der Waals surface area contributed by atoms with Crippen LogP contribution in [0.5, 0.6) is 0 Å². The molecule has 0 saturated carbocycles. The Kier molecular flexibility index (Phi) is 3.38. The van der Waals surface area contributed by atoms with Crippen molar-refractivity contribution in [3.05, 3.63) is 29.0 Å². The number of hydrogen-bond acceptors (Lipinski definition) is 2. The molecule has 2 heterocycles. The molecule has 0 spiro atoms. The van der Waals surface area contributed by atoms with Crippen LogP contribution < -0.4 is 5.32 Å². The molecule has 1 aliphatic heterocycles. The number of rotatable bonds is 2. The van der Waals surface area contributed by atoms with Gasteiger partial charge in [-0.25, -0.2) is 0 Å². The van der Waals surface area contributed by atoms with Crippen molar-refractivity contribution < 1.29 is 0 Å². The average molecular weight is 211 g/mol. The van der Waals surface area contributed by atoms with Gasteiger partial charge in [0.25, 0.3) is 0 Å². The summed E-state index contributed by atoms with van der Waals surface area (Å²) in [6.45, 7) is 2.29. The topological polar surface area (TPSA) is 24.9 Å². The lowest BCUT2D eigenvalue weighted by atomic mass is 9.94. The Morgan fingerprint density at radius 2 is 2.50 bits per heavy atom. The molecule has 2 rings (SSSR count). The van der Waals surface area contributed by atoms with Crippen LogP contribution in [0.3, 0.4) is 0 Å². The molecule has 1 aliphatic rings. The van der Waals surface area contributed by atoms with Crippen LogP contribution in [0.15, 0.2) is 18.3 Å². The fourth-order valence-corrected chi connectivity index (χ4v) is 2.14. The lowest BCUT2D eigenvalue weighted by molar-refractivity contribution is 0.373. The molecule has 0 aromatic carbocycles. The standard InChI is InChI=1S/C11H15ClN2/c12-10-3-5-14-11(7-10)6-9-2-1-4-13-8-9/h3,5,7,9,13H,1-2,4,6,8H2. The minimum absolute atomic E-state index is 0.731. The molecule has 1 aromatic rings. The summed E-state index contributed by atoms with van der Waals surface area (Å²) in [4.78, 5) is 4.32. The minimum atomic E-state index is 0.731. The van der Waals surface area contributed by atoms with E-state index < -0.39 is 0 Å². The first kappa shape index (κ1) is 9.94. The summed E-state index contributed by atoms with van der Waals surface area (Å²) in [7, 11) is 0. The highest BCUT2D eigenvalue weighted by molar-refractivity contribution is 6.30. The van der Waals surface area contributed by atoms with E-state index in [0.29, 0.717) is 0 Å². The maximum atomic E-state index is 5.91. The molecule has 1 unspecified atom stereocenters. The molecule has 2 nitrogen and oxygen atoms in total. The first-order chi connectivity index (χ1) is 6.84. The Bertz CT molecular complexity index is 295. The van der Waals surface area contributed by atoms with Crippen LogP contribution in [0.1, 0.15) is 18.5 Å². The second-order valence-corrected chi connectivity index (χ2v) is 4.32. The van der Waals surface area contributed by atoms with Gasteiger partial charge < -0.3 is 5.32 Å². The molecular formula is C11H15ClN2. The number of nitrogens with one attached hydrogen (secondary N) is 1. The van der Waals surface area contributed by atoms with Gasteiger partial charge in [0.2, 0.25) is 0 Å². The van der Waals surface area contributed by atoms with E-state index in [-0.39, 0.29) is 0 Å². The molecule has 76 valence electrons. The largest absolute Gasteiger partial charge is 0.316 e. The number of hydrogen-bond donors (Lipinski definition) is 1. The summed E-state index contributed by atoms with van der Waals surface area (Å²) in [5.74, 6) is 0.731. The SMILES string of the molecule is Clc1ccnc(CC2CCCNC2)c1. The van der Waals surface area contributed by atoms with E-state index in [1.807, 2.05) is 12.1 Å². The first-order valence-electron chi connectivity index (χ1n) is 5.16. The quantitative estimate of drug-likeness (QED) is 0.810. The molecule has 1 atom stereocenters. The van der Waals surface area contributed by atoms with Crippen molar-refractivity contribution in [2.45, 2.75) is 19.3 Å². The number of nitrogens with zero attached hydrogens (tertiary/aromatic N) is 1. The highest BCUT2D eigenvalue weighted by Crippen LogP contribution is 2.17. The van der Waals surface area contributed by atoms with Gasteiger partial charge in [0.05, 0.1) is 0 Å². The van der Waals surface area contributed by atoms with Crippen molar-refractivity contribution in [3.63, 3.8) is 0 Å². The van der Waals surface area contributed by atoms with E-state index in [0.717, 1.165) is 29.6 Å². The van der Waals surface area contributed by atoms with Crippen LogP contribution in [0.25, 0.3) is 0 Å². The minimum Gasteiger partial charge on any atom is -0.316 e. The van der Waals surface area contributed by atoms with Gasteiger partial charge in [-0.05, 0) is 50.4 Å². The maximum absolute atomic E-state index is 5.91. The zero-order valence-electron chi connectivity index (χ0n) is 8.17. The lowest BCUT2D eigenvalue weighted by Crippen LogP contribution is -2.31. The molecule has 14 heavy (non-hydrogen) atoms. The smallest absolute Gasteiger partial charge is 0.0439 e. The van der Waals surface area contributed by atoms with Crippen molar-refractivity contribution in [3.8, 4) is 0 Å². The first-order valence-corrected chi connectivity index (χ1v) is 5.53. The van der Waals surface area contributed by atoms with Crippen LogP contribution in [0, 0.1) is 5.92 Å². The van der Waals surface area contributed by atoms with Crippen LogP contribution in [0.4, 0.5) is 0 Å². The monoisotopic (exact) mass is 210 g/mol. The van der Waals surface area contributed by atoms with Crippen molar-refractivity contribution in [2.24, 2.45) is 5.92 Å². The highest BCUT2D eigenvalue weighted by atomic mass is 35.5. The van der Waals surface area contributed by atoms with Gasteiger partial charge in [0, 0.05) is 16.9 Å². The predicted molar refractivity (Wildman–Crippen MR) is 58.5 cm³/mol. The van der Waals surface area contributed by atoms with Crippen molar-refractivity contribution in [2.75, 3.05) is 13.1 Å². The van der Waals surface area contributed by atoms with E-state index in [9.17, 15) is 0 Å². The summed E-state index contributed by atoms with van der Waals surface area (Å²) in [6, 6.07) is 3.79. The zero-order valence-corrected chi connectivity index (χ0v) is 8.93. The summed E-state index contributed by atoms with van der Waals surface area (Å²) < 4.78 is 0. The van der Waals surface area contributed by atoms with E-state index >= 15 is 0 Å². The molecule has 0 bridgehead atoms. The van der Waals surface area contributed by atoms with Crippen LogP contribution in [0.2, 0.25) is 5.02 Å². The van der Waals surface area contributed by atoms with Gasteiger partial charge in [-0.3, -0.25) is 4.98 Å². The van der Waals surface area contributed by atoms with E-state index in [1.165, 1.54) is 19.4 Å². The van der Waals surface area contributed by atoms with E-state index in [4.69, 9.17) is 11.6 Å². The maximum Gasteiger partial charge on any atom is 0.0439 e. The van der Waals surface area contributed by atoms with Gasteiger partial charge in [0.15, 0.2) is 0 Å². The number of halogens is 1. The summed E-state index contributed by atoms with van der Waals surface area (Å²) in [5.41, 5.74) is 1.12. The molecule has 1 N–H and O–H groups in total. The summed E-state index contributed by atoms with van der Waals surface area (Å²) in [5, 5.41) is 4.20. The Balaban J connectivity index is 1.95. The Hall–Kier alpha value is -0.600. The molecule has 0 radical (unpaired) electrons. The van der Waals surface area contributed by atoms with Crippen molar-refractivity contribution >= 4 is 11.6 Å². The number of piperidine rings is 1. The van der Waals surface area contributed by atoms with Crippen molar-refractivity contribution in [1.29, 1.82) is 0 Å². The Labute approximate surface area is 89.7 Å². The Morgan fingerprint density at radius 1 is 1.57 bits per heavy atom. The van der Waals surface area contributed by atoms with Gasteiger partial charge in [-0.15, -0.1) is 0 Å². The predicted octanol–water partition coefficient (Wildman–Crippen LogP) is 2.28. The fourth-order valence-electron chi connectivity index (χ4n) is 1.95. The third kappa shape index (κ3) is 2.69. The van der Waals surface area contributed by atoms with Crippen LogP contribution in [-0.2, 0) is 6.42 Å². The third-order valence-electron chi connectivity index (χ3n) is 2.68. The average Bonchev–Trinajstić information content (AvgIpc) is 2.19. The lowest BCUT2D eigenvalue weighted by Gasteiger charge is -2.22. The highest BCUT2D eigenvalue weighted by Gasteiger charge is 2.13. The normalized spacial score (nSPS) is 22.2. The fraction of sp³-hybridized carbons (Fsp3) is 0.545. The molecular weight excluding hydrogens is 196 g/mol. The third-order valence-corrected chi connectivity index (χ3v) is 2.91. The molecule has 1 aromatic heterocycles. The molecule has 0 amide bonds. The van der Waals surface area contributed by atoms with Crippen LogP contribution >= 0.6 is 11.6 Å². The molecule has 0 aliphatic carbocycles. The van der Waals surface area contributed by atoms with E-state index in [1.54, 1.807) is 6.20 Å². The second-order valence-electron chi connectivity index (χ2n) is 3.88. The van der Waals surface area contributed by atoms with Gasteiger partial charge in [0.1, 0.15) is 0 Å². The molecule has 3 heteroatoms. The van der Waals surface area contributed by atoms with Gasteiger partial charge in [-0.2, -0.15) is 0 Å². The number of aromatic nitrogens is 1. The summed E-state index contributed by atoms with van der Waals surface area (Å²) in [6.07, 6.45) is 5.42. The Morgan fingerprint density at radius 3 is 3.21 bits per heavy atom.